The minimum absolute atomic E-state index is 0.0154. The number of carboxylic acids is 1. The number of nitriles is 1. The van der Waals surface area contributed by atoms with Crippen LogP contribution in [0, 0.1) is 17.1 Å². The van der Waals surface area contributed by atoms with Crippen LogP contribution < -0.4 is 5.73 Å². The molecule has 112 valence electrons. The van der Waals surface area contributed by atoms with Crippen LogP contribution in [0.15, 0.2) is 24.4 Å². The average molecular weight is 303 g/mol. The summed E-state index contributed by atoms with van der Waals surface area (Å²) in [5, 5.41) is 17.9. The van der Waals surface area contributed by atoms with Crippen molar-refractivity contribution in [3.63, 3.8) is 0 Å². The minimum Gasteiger partial charge on any atom is -0.478 e. The third-order valence-corrected chi connectivity index (χ3v) is 3.00. The summed E-state index contributed by atoms with van der Waals surface area (Å²) in [6.45, 7) is 0. The summed E-state index contributed by atoms with van der Waals surface area (Å²) < 4.78 is 19.2. The van der Waals surface area contributed by atoms with E-state index >= 15 is 0 Å². The molecule has 8 heteroatoms. The van der Waals surface area contributed by atoms with Crippen molar-refractivity contribution in [2.45, 2.75) is 0 Å². The van der Waals surface area contributed by atoms with E-state index in [1.807, 2.05) is 6.07 Å². The number of ether oxygens (including phenoxy) is 1. The number of hydrogen-bond donors (Lipinski definition) is 2. The van der Waals surface area contributed by atoms with Crippen molar-refractivity contribution in [1.29, 1.82) is 5.26 Å². The van der Waals surface area contributed by atoms with Crippen molar-refractivity contribution in [2.24, 2.45) is 0 Å². The molecule has 1 heterocycles. The average Bonchev–Trinajstić information content (AvgIpc) is 2.83. The van der Waals surface area contributed by atoms with Crippen LogP contribution in [0.4, 0.5) is 10.1 Å². The second kappa shape index (κ2) is 5.57. The number of anilines is 1. The number of nitrogens with two attached hydrogens (primary N) is 1. The Bertz CT molecular complexity index is 820. The SMILES string of the molecule is COC(=O)c1c(N)c(C#N)cn1-c1ccc(F)c(C(=O)O)c1. The van der Waals surface area contributed by atoms with Gasteiger partial charge >= 0.3 is 11.9 Å². The molecule has 0 saturated carbocycles. The molecular weight excluding hydrogens is 293 g/mol. The quantitative estimate of drug-likeness (QED) is 0.830. The standard InChI is InChI=1S/C14H10FN3O4/c1-22-14(21)12-11(17)7(5-16)6-18(12)8-2-3-10(15)9(4-8)13(19)20/h2-4,6H,17H2,1H3,(H,19,20). The van der Waals surface area contributed by atoms with E-state index in [0.717, 1.165) is 19.2 Å². The second-order valence-electron chi connectivity index (χ2n) is 4.25. The molecule has 1 aromatic carbocycles. The van der Waals surface area contributed by atoms with Crippen molar-refractivity contribution in [3.05, 3.63) is 47.0 Å². The molecule has 22 heavy (non-hydrogen) atoms. The van der Waals surface area contributed by atoms with Crippen molar-refractivity contribution >= 4 is 17.6 Å². The van der Waals surface area contributed by atoms with Crippen LogP contribution in [0.3, 0.4) is 0 Å². The fourth-order valence-electron chi connectivity index (χ4n) is 1.95. The van der Waals surface area contributed by atoms with Gasteiger partial charge in [0.1, 0.15) is 11.9 Å². The number of hydrogen-bond acceptors (Lipinski definition) is 5. The van der Waals surface area contributed by atoms with Crippen LogP contribution >= 0.6 is 0 Å². The highest BCUT2D eigenvalue weighted by Crippen LogP contribution is 2.25. The van der Waals surface area contributed by atoms with Crippen LogP contribution in [0.2, 0.25) is 0 Å². The van der Waals surface area contributed by atoms with E-state index in [2.05, 4.69) is 4.74 Å². The van der Waals surface area contributed by atoms with Gasteiger partial charge in [0.05, 0.1) is 23.9 Å². The van der Waals surface area contributed by atoms with Gasteiger partial charge in [-0.05, 0) is 18.2 Å². The third kappa shape index (κ3) is 2.35. The molecule has 3 N–H and O–H groups in total. The lowest BCUT2D eigenvalue weighted by Gasteiger charge is -2.09. The molecule has 2 rings (SSSR count). The maximum Gasteiger partial charge on any atom is 0.357 e. The van der Waals surface area contributed by atoms with Crippen molar-refractivity contribution in [3.8, 4) is 11.8 Å². The Hall–Kier alpha value is -3.34. The number of methoxy groups -OCH3 is 1. The first-order valence-electron chi connectivity index (χ1n) is 5.93. The van der Waals surface area contributed by atoms with Gasteiger partial charge in [-0.2, -0.15) is 5.26 Å². The zero-order chi connectivity index (χ0) is 16.4. The molecule has 0 fully saturated rings. The summed E-state index contributed by atoms with van der Waals surface area (Å²) >= 11 is 0. The molecule has 0 spiro atoms. The summed E-state index contributed by atoms with van der Waals surface area (Å²) in [7, 11) is 1.14. The predicted octanol–water partition coefficient (Wildman–Crippen LogP) is 1.56. The van der Waals surface area contributed by atoms with Gasteiger partial charge in [0.25, 0.3) is 0 Å². The van der Waals surface area contributed by atoms with Crippen LogP contribution in [-0.4, -0.2) is 28.7 Å². The first-order chi connectivity index (χ1) is 10.4. The normalized spacial score (nSPS) is 10.0. The zero-order valence-corrected chi connectivity index (χ0v) is 11.3. The lowest BCUT2D eigenvalue weighted by Crippen LogP contribution is -2.12. The predicted molar refractivity (Wildman–Crippen MR) is 73.2 cm³/mol. The van der Waals surface area contributed by atoms with Crippen LogP contribution in [0.1, 0.15) is 26.4 Å². The first kappa shape index (κ1) is 15.1. The largest absolute Gasteiger partial charge is 0.478 e. The number of halogens is 1. The molecule has 0 bridgehead atoms. The smallest absolute Gasteiger partial charge is 0.357 e. The number of esters is 1. The topological polar surface area (TPSA) is 118 Å². The van der Waals surface area contributed by atoms with Crippen molar-refractivity contribution in [1.82, 2.24) is 4.57 Å². The summed E-state index contributed by atoms with van der Waals surface area (Å²) in [5.41, 5.74) is 5.09. The zero-order valence-electron chi connectivity index (χ0n) is 11.3. The Morgan fingerprint density at radius 3 is 2.68 bits per heavy atom. The first-order valence-corrected chi connectivity index (χ1v) is 5.93. The van der Waals surface area contributed by atoms with Crippen molar-refractivity contribution < 1.29 is 23.8 Å². The Morgan fingerprint density at radius 1 is 1.45 bits per heavy atom. The molecule has 0 atom stereocenters. The van der Waals surface area contributed by atoms with E-state index < -0.39 is 23.3 Å². The summed E-state index contributed by atoms with van der Waals surface area (Å²) in [6.07, 6.45) is 1.25. The number of carboxylic acid groups (broad SMARTS) is 1. The van der Waals surface area contributed by atoms with Gasteiger partial charge in [0.2, 0.25) is 0 Å². The molecule has 0 unspecified atom stereocenters. The minimum atomic E-state index is -1.46. The van der Waals surface area contributed by atoms with Crippen LogP contribution in [0.5, 0.6) is 0 Å². The molecular formula is C14H10FN3O4. The van der Waals surface area contributed by atoms with Gasteiger partial charge < -0.3 is 20.1 Å². The van der Waals surface area contributed by atoms with Crippen LogP contribution in [0.25, 0.3) is 5.69 Å². The number of rotatable bonds is 3. The van der Waals surface area contributed by atoms with E-state index in [-0.39, 0.29) is 22.6 Å². The fourth-order valence-corrected chi connectivity index (χ4v) is 1.95. The maximum absolute atomic E-state index is 13.5. The molecule has 0 radical (unpaired) electrons. The lowest BCUT2D eigenvalue weighted by atomic mass is 10.2. The van der Waals surface area contributed by atoms with Gasteiger partial charge in [-0.25, -0.2) is 14.0 Å². The Morgan fingerprint density at radius 2 is 2.14 bits per heavy atom. The molecule has 0 aliphatic carbocycles. The molecule has 2 aromatic rings. The highest BCUT2D eigenvalue weighted by Gasteiger charge is 2.22. The second-order valence-corrected chi connectivity index (χ2v) is 4.25. The molecule has 0 aliphatic heterocycles. The van der Waals surface area contributed by atoms with E-state index in [1.165, 1.54) is 16.8 Å². The number of nitrogens with zero attached hydrogens (tertiary/aromatic N) is 2. The molecule has 0 saturated heterocycles. The number of aromatic carboxylic acids is 1. The Kier molecular flexibility index (Phi) is 3.81. The van der Waals surface area contributed by atoms with Gasteiger partial charge in [0, 0.05) is 11.9 Å². The van der Waals surface area contributed by atoms with Gasteiger partial charge in [-0.15, -0.1) is 0 Å². The molecule has 7 nitrogen and oxygen atoms in total. The van der Waals surface area contributed by atoms with Crippen LogP contribution in [-0.2, 0) is 4.74 Å². The van der Waals surface area contributed by atoms with E-state index in [4.69, 9.17) is 16.1 Å². The number of carbonyl (C=O) groups excluding carboxylic acids is 1. The molecule has 0 amide bonds. The maximum atomic E-state index is 13.5. The Balaban J connectivity index is 2.73. The Labute approximate surface area is 123 Å². The summed E-state index contributed by atoms with van der Waals surface area (Å²) in [6, 6.07) is 5.05. The highest BCUT2D eigenvalue weighted by molar-refractivity contribution is 5.96. The van der Waals surface area contributed by atoms with E-state index in [9.17, 15) is 14.0 Å². The highest BCUT2D eigenvalue weighted by atomic mass is 19.1. The summed E-state index contributed by atoms with van der Waals surface area (Å²) in [5.74, 6) is -3.18. The number of benzene rings is 1. The molecule has 0 aliphatic rings. The summed E-state index contributed by atoms with van der Waals surface area (Å²) in [4.78, 5) is 22.8. The molecule has 1 aromatic heterocycles. The third-order valence-electron chi connectivity index (χ3n) is 3.00. The van der Waals surface area contributed by atoms with Crippen molar-refractivity contribution in [2.75, 3.05) is 12.8 Å². The fraction of sp³-hybridized carbons (Fsp3) is 0.0714. The van der Waals surface area contributed by atoms with Gasteiger partial charge in [-0.3, -0.25) is 0 Å². The number of carbonyl (C=O) groups is 2. The monoisotopic (exact) mass is 303 g/mol. The lowest BCUT2D eigenvalue weighted by molar-refractivity contribution is 0.0592. The van der Waals surface area contributed by atoms with E-state index in [0.29, 0.717) is 0 Å². The van der Waals surface area contributed by atoms with Gasteiger partial charge in [-0.1, -0.05) is 0 Å². The number of nitrogen functional groups attached to an aromatic ring is 1. The number of aromatic nitrogens is 1. The van der Waals surface area contributed by atoms with E-state index in [1.54, 1.807) is 0 Å². The van der Waals surface area contributed by atoms with Gasteiger partial charge in [0.15, 0.2) is 5.69 Å².